The van der Waals surface area contributed by atoms with Crippen molar-refractivity contribution in [1.29, 1.82) is 0 Å². The van der Waals surface area contributed by atoms with Crippen LogP contribution in [-0.2, 0) is 25.0 Å². The number of hydrogen-bond donors (Lipinski definition) is 1. The molecule has 9 heteroatoms. The van der Waals surface area contributed by atoms with Crippen LogP contribution >= 0.6 is 11.6 Å². The van der Waals surface area contributed by atoms with E-state index in [-0.39, 0.29) is 28.5 Å². The predicted octanol–water partition coefficient (Wildman–Crippen LogP) is 4.47. The smallest absolute Gasteiger partial charge is 0.264 e. The van der Waals surface area contributed by atoms with Gasteiger partial charge in [0.15, 0.2) is 6.10 Å². The lowest BCUT2D eigenvalue weighted by Crippen LogP contribution is -2.53. The highest BCUT2D eigenvalue weighted by molar-refractivity contribution is 7.92. The highest BCUT2D eigenvalue weighted by Gasteiger charge is 2.40. The molecule has 2 aliphatic rings. The molecule has 3 aromatic carbocycles. The van der Waals surface area contributed by atoms with Crippen LogP contribution in [0.2, 0.25) is 5.02 Å². The number of aryl methyl sites for hydroxylation is 1. The number of fused-ring (bicyclic) bond motifs is 1. The molecule has 0 radical (unpaired) electrons. The van der Waals surface area contributed by atoms with Gasteiger partial charge in [0.05, 0.1) is 17.1 Å². The van der Waals surface area contributed by atoms with Gasteiger partial charge < -0.3 is 14.8 Å². The zero-order valence-corrected chi connectivity index (χ0v) is 22.1. The molecule has 5 rings (SSSR count). The normalized spacial score (nSPS) is 19.0. The average molecular weight is 541 g/mol. The van der Waals surface area contributed by atoms with Gasteiger partial charge in [-0.1, -0.05) is 59.6 Å². The third-order valence-electron chi connectivity index (χ3n) is 7.13. The Morgan fingerprint density at radius 3 is 2.46 bits per heavy atom. The van der Waals surface area contributed by atoms with Crippen molar-refractivity contribution in [2.24, 2.45) is 0 Å². The molecule has 194 valence electrons. The molecule has 1 fully saturated rings. The fraction of sp³-hybridized carbons (Fsp3) is 0.321. The number of halogens is 1. The number of nitrogens with one attached hydrogen (secondary N) is 1. The maximum atomic E-state index is 13.7. The van der Waals surface area contributed by atoms with Gasteiger partial charge in [0, 0.05) is 30.2 Å². The van der Waals surface area contributed by atoms with Gasteiger partial charge in [-0.3, -0.25) is 9.10 Å². The van der Waals surface area contributed by atoms with E-state index in [0.29, 0.717) is 30.5 Å². The maximum Gasteiger partial charge on any atom is 0.264 e. The summed E-state index contributed by atoms with van der Waals surface area (Å²) in [6, 6.07) is 21.5. The van der Waals surface area contributed by atoms with Crippen LogP contribution in [0.15, 0.2) is 77.7 Å². The number of sulfonamides is 1. The number of hydrogen-bond acceptors (Lipinski definition) is 5. The highest BCUT2D eigenvalue weighted by atomic mass is 35.5. The van der Waals surface area contributed by atoms with E-state index in [9.17, 15) is 13.2 Å². The molecule has 37 heavy (non-hydrogen) atoms. The van der Waals surface area contributed by atoms with Crippen molar-refractivity contribution in [3.8, 4) is 5.75 Å². The number of amides is 1. The summed E-state index contributed by atoms with van der Waals surface area (Å²) >= 11 is 6.20. The van der Waals surface area contributed by atoms with Crippen LogP contribution in [0.4, 0.5) is 5.69 Å². The minimum atomic E-state index is -3.97. The summed E-state index contributed by atoms with van der Waals surface area (Å²) in [5.41, 5.74) is 2.14. The number of benzene rings is 3. The molecule has 0 saturated carbocycles. The molecular formula is C28H29ClN2O5S. The van der Waals surface area contributed by atoms with Gasteiger partial charge >= 0.3 is 0 Å². The Kier molecular flexibility index (Phi) is 7.16. The standard InChI is InChI=1S/C28H29ClN2O5S/c1-20-7-10-23(11-8-20)37(33,34)31-18-26(36-25-12-9-22(29)17-24(25)31)27(32)30-19-28(13-15-35-16-14-28)21-5-3-2-4-6-21/h2-12,17,26H,13-16,18-19H2,1H3,(H,30,32)/t26-/m0/s1. The van der Waals surface area contributed by atoms with E-state index < -0.39 is 16.1 Å². The van der Waals surface area contributed by atoms with Crippen LogP contribution in [0, 0.1) is 6.92 Å². The molecule has 0 aliphatic carbocycles. The molecule has 1 N–H and O–H groups in total. The highest BCUT2D eigenvalue weighted by Crippen LogP contribution is 2.39. The van der Waals surface area contributed by atoms with Gasteiger partial charge in [0.1, 0.15) is 5.75 Å². The zero-order valence-electron chi connectivity index (χ0n) is 20.5. The molecular weight excluding hydrogens is 512 g/mol. The van der Waals surface area contributed by atoms with E-state index in [0.717, 1.165) is 24.0 Å². The molecule has 7 nitrogen and oxygen atoms in total. The quantitative estimate of drug-likeness (QED) is 0.498. The van der Waals surface area contributed by atoms with Gasteiger partial charge in [-0.15, -0.1) is 0 Å². The van der Waals surface area contributed by atoms with Crippen molar-refractivity contribution < 1.29 is 22.7 Å². The number of carbonyl (C=O) groups excluding carboxylic acids is 1. The Labute approximate surface area is 222 Å². The monoisotopic (exact) mass is 540 g/mol. The lowest BCUT2D eigenvalue weighted by Gasteiger charge is -2.39. The van der Waals surface area contributed by atoms with Crippen LogP contribution in [-0.4, -0.2) is 46.7 Å². The van der Waals surface area contributed by atoms with Crippen LogP contribution in [0.5, 0.6) is 5.75 Å². The fourth-order valence-corrected chi connectivity index (χ4v) is 6.55. The van der Waals surface area contributed by atoms with E-state index in [4.69, 9.17) is 21.1 Å². The maximum absolute atomic E-state index is 13.7. The van der Waals surface area contributed by atoms with Crippen molar-refractivity contribution in [1.82, 2.24) is 5.32 Å². The minimum absolute atomic E-state index is 0.135. The third kappa shape index (κ3) is 5.19. The van der Waals surface area contributed by atoms with E-state index in [2.05, 4.69) is 17.4 Å². The molecule has 3 aromatic rings. The molecule has 2 aliphatic heterocycles. The van der Waals surface area contributed by atoms with Crippen molar-refractivity contribution in [2.75, 3.05) is 30.6 Å². The Balaban J connectivity index is 1.41. The van der Waals surface area contributed by atoms with Gasteiger partial charge in [-0.2, -0.15) is 0 Å². The summed E-state index contributed by atoms with van der Waals surface area (Å²) < 4.78 is 40.1. The predicted molar refractivity (Wildman–Crippen MR) is 143 cm³/mol. The van der Waals surface area contributed by atoms with E-state index in [1.165, 1.54) is 4.31 Å². The van der Waals surface area contributed by atoms with Crippen LogP contribution < -0.4 is 14.4 Å². The number of anilines is 1. The van der Waals surface area contributed by atoms with Crippen LogP contribution in [0.3, 0.4) is 0 Å². The third-order valence-corrected chi connectivity index (χ3v) is 9.16. The molecule has 0 unspecified atom stereocenters. The summed E-state index contributed by atoms with van der Waals surface area (Å²) in [5.74, 6) is -0.0816. The summed E-state index contributed by atoms with van der Waals surface area (Å²) in [6.45, 7) is 3.35. The number of carbonyl (C=O) groups is 1. The first-order valence-electron chi connectivity index (χ1n) is 12.3. The molecule has 1 saturated heterocycles. The van der Waals surface area contributed by atoms with E-state index in [1.807, 2.05) is 25.1 Å². The minimum Gasteiger partial charge on any atom is -0.476 e. The lowest BCUT2D eigenvalue weighted by molar-refractivity contribution is -0.128. The van der Waals surface area contributed by atoms with Gasteiger partial charge in [0.25, 0.3) is 15.9 Å². The SMILES string of the molecule is Cc1ccc(S(=O)(=O)N2C[C@@H](C(=O)NCC3(c4ccccc4)CCOCC3)Oc3ccc(Cl)cc32)cc1. The number of nitrogens with zero attached hydrogens (tertiary/aromatic N) is 1. The Hall–Kier alpha value is -3.07. The topological polar surface area (TPSA) is 84.9 Å². The molecule has 0 aromatic heterocycles. The second-order valence-electron chi connectivity index (χ2n) is 9.54. The van der Waals surface area contributed by atoms with Crippen molar-refractivity contribution >= 4 is 33.2 Å². The summed E-state index contributed by atoms with van der Waals surface area (Å²) in [4.78, 5) is 13.6. The summed E-state index contributed by atoms with van der Waals surface area (Å²) in [7, 11) is -3.97. The second kappa shape index (κ2) is 10.4. The van der Waals surface area contributed by atoms with Crippen molar-refractivity contribution in [2.45, 2.75) is 36.2 Å². The summed E-state index contributed by atoms with van der Waals surface area (Å²) in [6.07, 6.45) is 0.525. The van der Waals surface area contributed by atoms with Crippen molar-refractivity contribution in [3.63, 3.8) is 0 Å². The second-order valence-corrected chi connectivity index (χ2v) is 11.8. The molecule has 0 bridgehead atoms. The Morgan fingerprint density at radius 2 is 1.76 bits per heavy atom. The molecule has 1 amide bonds. The molecule has 2 heterocycles. The first kappa shape index (κ1) is 25.6. The summed E-state index contributed by atoms with van der Waals surface area (Å²) in [5, 5.41) is 3.43. The Bertz CT molecular complexity index is 1370. The number of ether oxygens (including phenoxy) is 2. The van der Waals surface area contributed by atoms with E-state index >= 15 is 0 Å². The largest absolute Gasteiger partial charge is 0.476 e. The molecule has 0 spiro atoms. The van der Waals surface area contributed by atoms with Crippen LogP contribution in [0.1, 0.15) is 24.0 Å². The average Bonchev–Trinajstić information content (AvgIpc) is 2.92. The molecule has 1 atom stereocenters. The van der Waals surface area contributed by atoms with Crippen molar-refractivity contribution in [3.05, 3.63) is 88.9 Å². The van der Waals surface area contributed by atoms with Crippen LogP contribution in [0.25, 0.3) is 0 Å². The Morgan fingerprint density at radius 1 is 1.05 bits per heavy atom. The first-order valence-corrected chi connectivity index (χ1v) is 14.1. The van der Waals surface area contributed by atoms with Gasteiger partial charge in [-0.05, 0) is 55.7 Å². The first-order chi connectivity index (χ1) is 17.8. The fourth-order valence-electron chi connectivity index (χ4n) is 4.92. The van der Waals surface area contributed by atoms with Gasteiger partial charge in [0.2, 0.25) is 0 Å². The number of rotatable bonds is 6. The van der Waals surface area contributed by atoms with E-state index in [1.54, 1.807) is 42.5 Å². The zero-order chi connectivity index (χ0) is 26.0. The lowest BCUT2D eigenvalue weighted by atomic mass is 9.74. The van der Waals surface area contributed by atoms with Gasteiger partial charge in [-0.25, -0.2) is 8.42 Å².